The van der Waals surface area contributed by atoms with E-state index in [0.717, 1.165) is 34.8 Å². The first-order valence-electron chi connectivity index (χ1n) is 10.0. The number of hydrogen-bond donors (Lipinski definition) is 0. The van der Waals surface area contributed by atoms with Gasteiger partial charge in [0.25, 0.3) is 0 Å². The summed E-state index contributed by atoms with van der Waals surface area (Å²) in [6.45, 7) is 6.62. The smallest absolute Gasteiger partial charge is 0.150 e. The standard InChI is InChI=1S/C28H26O2/c1-28(2,3)27-17-16-25(14-12-21-4-8-23(19-29)9-5-21)26(18-27)15-13-22-6-10-24(20-30)11-7-22/h4-20H,1-3H3. The summed E-state index contributed by atoms with van der Waals surface area (Å²) in [6.07, 6.45) is 10.0. The van der Waals surface area contributed by atoms with Crippen molar-refractivity contribution in [2.75, 3.05) is 0 Å². The van der Waals surface area contributed by atoms with E-state index in [4.69, 9.17) is 0 Å². The lowest BCUT2D eigenvalue weighted by Crippen LogP contribution is -2.11. The van der Waals surface area contributed by atoms with Crippen LogP contribution in [-0.2, 0) is 5.41 Å². The van der Waals surface area contributed by atoms with Crippen LogP contribution in [0.15, 0.2) is 66.7 Å². The Labute approximate surface area is 178 Å². The highest BCUT2D eigenvalue weighted by Crippen LogP contribution is 2.27. The molecule has 0 spiro atoms. The average Bonchev–Trinajstić information content (AvgIpc) is 2.76. The van der Waals surface area contributed by atoms with Gasteiger partial charge >= 0.3 is 0 Å². The molecule has 0 fully saturated rings. The minimum Gasteiger partial charge on any atom is -0.298 e. The molecule has 0 radical (unpaired) electrons. The van der Waals surface area contributed by atoms with Crippen molar-refractivity contribution >= 4 is 36.9 Å². The molecule has 0 N–H and O–H groups in total. The van der Waals surface area contributed by atoms with Gasteiger partial charge in [0, 0.05) is 11.1 Å². The molecule has 2 nitrogen and oxygen atoms in total. The molecule has 0 bridgehead atoms. The minimum atomic E-state index is 0.0567. The number of aldehydes is 2. The molecule has 3 aromatic rings. The van der Waals surface area contributed by atoms with Crippen molar-refractivity contribution in [3.63, 3.8) is 0 Å². The average molecular weight is 395 g/mol. The second-order valence-corrected chi connectivity index (χ2v) is 8.33. The number of carbonyl (C=O) groups excluding carboxylic acids is 2. The minimum absolute atomic E-state index is 0.0567. The Bertz CT molecular complexity index is 1080. The maximum Gasteiger partial charge on any atom is 0.150 e. The van der Waals surface area contributed by atoms with E-state index in [2.05, 4.69) is 63.3 Å². The van der Waals surface area contributed by atoms with E-state index in [1.54, 1.807) is 0 Å². The van der Waals surface area contributed by atoms with Crippen molar-refractivity contribution in [2.45, 2.75) is 26.2 Å². The van der Waals surface area contributed by atoms with Gasteiger partial charge < -0.3 is 0 Å². The molecule has 0 atom stereocenters. The lowest BCUT2D eigenvalue weighted by Gasteiger charge is -2.20. The van der Waals surface area contributed by atoms with Crippen LogP contribution < -0.4 is 0 Å². The van der Waals surface area contributed by atoms with E-state index >= 15 is 0 Å². The highest BCUT2D eigenvalue weighted by molar-refractivity contribution is 5.81. The third-order valence-corrected chi connectivity index (χ3v) is 5.01. The molecular weight excluding hydrogens is 368 g/mol. The summed E-state index contributed by atoms with van der Waals surface area (Å²) in [6, 6.07) is 21.6. The van der Waals surface area contributed by atoms with Gasteiger partial charge in [0.15, 0.2) is 0 Å². The normalized spacial score (nSPS) is 11.8. The van der Waals surface area contributed by atoms with E-state index < -0.39 is 0 Å². The fourth-order valence-electron chi connectivity index (χ4n) is 3.08. The predicted molar refractivity (Wildman–Crippen MR) is 127 cm³/mol. The fraction of sp³-hybridized carbons (Fsp3) is 0.143. The second kappa shape index (κ2) is 9.32. The first-order chi connectivity index (χ1) is 14.4. The van der Waals surface area contributed by atoms with E-state index in [1.165, 1.54) is 5.56 Å². The highest BCUT2D eigenvalue weighted by Gasteiger charge is 2.14. The molecule has 0 saturated heterocycles. The molecule has 150 valence electrons. The summed E-state index contributed by atoms with van der Waals surface area (Å²) in [5, 5.41) is 0. The third kappa shape index (κ3) is 5.51. The van der Waals surface area contributed by atoms with E-state index in [0.29, 0.717) is 11.1 Å². The largest absolute Gasteiger partial charge is 0.298 e. The first-order valence-corrected chi connectivity index (χ1v) is 10.0. The van der Waals surface area contributed by atoms with Crippen molar-refractivity contribution in [1.29, 1.82) is 0 Å². The molecule has 0 heterocycles. The summed E-state index contributed by atoms with van der Waals surface area (Å²) < 4.78 is 0. The summed E-state index contributed by atoms with van der Waals surface area (Å²) >= 11 is 0. The van der Waals surface area contributed by atoms with Gasteiger partial charge in [-0.05, 0) is 33.2 Å². The van der Waals surface area contributed by atoms with Crippen LogP contribution >= 0.6 is 0 Å². The van der Waals surface area contributed by atoms with Crippen LogP contribution in [0.5, 0.6) is 0 Å². The Morgan fingerprint density at radius 2 is 0.967 bits per heavy atom. The van der Waals surface area contributed by atoms with Crippen molar-refractivity contribution in [3.8, 4) is 0 Å². The van der Waals surface area contributed by atoms with Crippen LogP contribution in [0.1, 0.15) is 69.3 Å². The maximum atomic E-state index is 10.9. The SMILES string of the molecule is CC(C)(C)c1ccc(C=Cc2ccc(C=O)cc2)c(C=Cc2ccc(C=O)cc2)c1. The zero-order valence-electron chi connectivity index (χ0n) is 17.6. The number of hydrogen-bond acceptors (Lipinski definition) is 2. The molecule has 0 aromatic heterocycles. The maximum absolute atomic E-state index is 10.9. The Morgan fingerprint density at radius 1 is 0.533 bits per heavy atom. The Morgan fingerprint density at radius 3 is 1.40 bits per heavy atom. The van der Waals surface area contributed by atoms with Crippen LogP contribution in [0.4, 0.5) is 0 Å². The van der Waals surface area contributed by atoms with Crippen LogP contribution in [0.2, 0.25) is 0 Å². The van der Waals surface area contributed by atoms with Gasteiger partial charge in [-0.1, -0.05) is 112 Å². The lowest BCUT2D eigenvalue weighted by atomic mass is 9.85. The summed E-state index contributed by atoms with van der Waals surface area (Å²) in [7, 11) is 0. The molecule has 0 amide bonds. The summed E-state index contributed by atoms with van der Waals surface area (Å²) in [4.78, 5) is 21.7. The van der Waals surface area contributed by atoms with Gasteiger partial charge in [0.2, 0.25) is 0 Å². The molecule has 0 unspecified atom stereocenters. The molecule has 0 aliphatic heterocycles. The number of carbonyl (C=O) groups is 2. The first kappa shape index (κ1) is 21.2. The Hall–Kier alpha value is -3.52. The van der Waals surface area contributed by atoms with Gasteiger partial charge in [-0.25, -0.2) is 0 Å². The lowest BCUT2D eigenvalue weighted by molar-refractivity contribution is 0.111. The van der Waals surface area contributed by atoms with Crippen molar-refractivity contribution in [2.24, 2.45) is 0 Å². The van der Waals surface area contributed by atoms with Crippen molar-refractivity contribution in [1.82, 2.24) is 0 Å². The van der Waals surface area contributed by atoms with Crippen LogP contribution in [-0.4, -0.2) is 12.6 Å². The quantitative estimate of drug-likeness (QED) is 0.335. The van der Waals surface area contributed by atoms with Gasteiger partial charge in [0.05, 0.1) is 0 Å². The zero-order chi connectivity index (χ0) is 21.6. The number of rotatable bonds is 6. The molecule has 30 heavy (non-hydrogen) atoms. The van der Waals surface area contributed by atoms with Gasteiger partial charge in [-0.3, -0.25) is 9.59 Å². The molecule has 2 heteroatoms. The van der Waals surface area contributed by atoms with Crippen LogP contribution in [0.25, 0.3) is 24.3 Å². The van der Waals surface area contributed by atoms with Gasteiger partial charge in [-0.2, -0.15) is 0 Å². The molecule has 3 aromatic carbocycles. The fourth-order valence-corrected chi connectivity index (χ4v) is 3.08. The van der Waals surface area contributed by atoms with E-state index in [1.807, 2.05) is 48.5 Å². The van der Waals surface area contributed by atoms with Gasteiger partial charge in [-0.15, -0.1) is 0 Å². The monoisotopic (exact) mass is 394 g/mol. The summed E-state index contributed by atoms with van der Waals surface area (Å²) in [5.74, 6) is 0. The molecule has 0 aliphatic rings. The second-order valence-electron chi connectivity index (χ2n) is 8.33. The highest BCUT2D eigenvalue weighted by atomic mass is 16.1. The Balaban J connectivity index is 1.94. The van der Waals surface area contributed by atoms with E-state index in [-0.39, 0.29) is 5.41 Å². The summed E-state index contributed by atoms with van der Waals surface area (Å²) in [5.41, 5.74) is 7.00. The zero-order valence-corrected chi connectivity index (χ0v) is 17.6. The van der Waals surface area contributed by atoms with Gasteiger partial charge in [0.1, 0.15) is 12.6 Å². The van der Waals surface area contributed by atoms with Crippen LogP contribution in [0.3, 0.4) is 0 Å². The molecule has 0 saturated carbocycles. The predicted octanol–water partition coefficient (Wildman–Crippen LogP) is 6.95. The topological polar surface area (TPSA) is 34.1 Å². The third-order valence-electron chi connectivity index (χ3n) is 5.01. The van der Waals surface area contributed by atoms with Crippen molar-refractivity contribution in [3.05, 3.63) is 106 Å². The molecule has 0 aliphatic carbocycles. The number of benzene rings is 3. The molecule has 3 rings (SSSR count). The van der Waals surface area contributed by atoms with Crippen LogP contribution in [0, 0.1) is 0 Å². The van der Waals surface area contributed by atoms with E-state index in [9.17, 15) is 9.59 Å². The molecular formula is C28H26O2. The van der Waals surface area contributed by atoms with Crippen molar-refractivity contribution < 1.29 is 9.59 Å². The Kier molecular flexibility index (Phi) is 6.58.